The van der Waals surface area contributed by atoms with Gasteiger partial charge in [-0.25, -0.2) is 0 Å². The fourth-order valence-electron chi connectivity index (χ4n) is 1.63. The van der Waals surface area contributed by atoms with Crippen LogP contribution >= 0.6 is 0 Å². The van der Waals surface area contributed by atoms with E-state index in [4.69, 9.17) is 14.4 Å². The summed E-state index contributed by atoms with van der Waals surface area (Å²) in [6.07, 6.45) is 0.476. The first kappa shape index (κ1) is 11.7. The molecule has 1 heterocycles. The van der Waals surface area contributed by atoms with Crippen molar-refractivity contribution in [2.24, 2.45) is 0 Å². The van der Waals surface area contributed by atoms with Crippen molar-refractivity contribution in [3.05, 3.63) is 36.1 Å². The lowest BCUT2D eigenvalue weighted by Gasteiger charge is -2.06. The Balaban J connectivity index is 2.31. The van der Waals surface area contributed by atoms with Crippen molar-refractivity contribution >= 4 is 0 Å². The Hall–Kier alpha value is -1.81. The lowest BCUT2D eigenvalue weighted by atomic mass is 10.1. The Morgan fingerprint density at radius 3 is 2.94 bits per heavy atom. The maximum absolute atomic E-state index is 8.83. The molecule has 4 heteroatoms. The summed E-state index contributed by atoms with van der Waals surface area (Å²) in [4.78, 5) is 0. The molecule has 0 aliphatic carbocycles. The summed E-state index contributed by atoms with van der Waals surface area (Å²) in [6.45, 7) is 2.61. The third-order valence-corrected chi connectivity index (χ3v) is 2.38. The maximum atomic E-state index is 8.83. The molecule has 0 atom stereocenters. The van der Waals surface area contributed by atoms with Crippen molar-refractivity contribution in [2.45, 2.75) is 13.3 Å². The minimum Gasteiger partial charge on any atom is -0.493 e. The van der Waals surface area contributed by atoms with Gasteiger partial charge in [-0.2, -0.15) is 0 Å². The van der Waals surface area contributed by atoms with Gasteiger partial charge in [-0.3, -0.25) is 0 Å². The first-order valence-corrected chi connectivity index (χ1v) is 5.63. The summed E-state index contributed by atoms with van der Waals surface area (Å²) in [6, 6.07) is 9.51. The Bertz CT molecular complexity index is 479. The van der Waals surface area contributed by atoms with Gasteiger partial charge in [0.25, 0.3) is 0 Å². The Labute approximate surface area is 99.8 Å². The van der Waals surface area contributed by atoms with Crippen LogP contribution in [0, 0.1) is 0 Å². The van der Waals surface area contributed by atoms with E-state index >= 15 is 0 Å². The molecule has 0 fully saturated rings. The number of benzene rings is 1. The quantitative estimate of drug-likeness (QED) is 0.860. The molecule has 0 unspecified atom stereocenters. The summed E-state index contributed by atoms with van der Waals surface area (Å²) < 4.78 is 10.7. The molecular formula is C13H15NO3. The molecule has 0 amide bonds. The predicted molar refractivity (Wildman–Crippen MR) is 63.9 cm³/mol. The molecule has 0 bridgehead atoms. The zero-order chi connectivity index (χ0) is 12.1. The van der Waals surface area contributed by atoms with Gasteiger partial charge in [-0.05, 0) is 19.1 Å². The summed E-state index contributed by atoms with van der Waals surface area (Å²) >= 11 is 0. The van der Waals surface area contributed by atoms with Gasteiger partial charge >= 0.3 is 0 Å². The third kappa shape index (κ3) is 2.65. The zero-order valence-corrected chi connectivity index (χ0v) is 9.72. The second-order valence-electron chi connectivity index (χ2n) is 3.58. The summed E-state index contributed by atoms with van der Waals surface area (Å²) in [7, 11) is 0. The fourth-order valence-corrected chi connectivity index (χ4v) is 1.63. The van der Waals surface area contributed by atoms with Crippen LogP contribution in [0.3, 0.4) is 0 Å². The van der Waals surface area contributed by atoms with E-state index in [-0.39, 0.29) is 6.61 Å². The number of hydrogen-bond donors (Lipinski definition) is 1. The molecule has 1 aromatic heterocycles. The summed E-state index contributed by atoms with van der Waals surface area (Å²) in [5.41, 5.74) is 1.64. The third-order valence-electron chi connectivity index (χ3n) is 2.38. The molecule has 1 aromatic carbocycles. The SMILES string of the molecule is CCOc1ccccc1-c1cc(CCO)on1. The van der Waals surface area contributed by atoms with Crippen LogP contribution in [-0.4, -0.2) is 23.5 Å². The van der Waals surface area contributed by atoms with Gasteiger partial charge in [0.2, 0.25) is 0 Å². The molecule has 2 rings (SSSR count). The van der Waals surface area contributed by atoms with E-state index in [0.29, 0.717) is 18.8 Å². The van der Waals surface area contributed by atoms with Crippen molar-refractivity contribution in [1.29, 1.82) is 0 Å². The molecule has 4 nitrogen and oxygen atoms in total. The number of aliphatic hydroxyl groups excluding tert-OH is 1. The molecule has 0 aliphatic rings. The lowest BCUT2D eigenvalue weighted by Crippen LogP contribution is -1.93. The first-order chi connectivity index (χ1) is 8.35. The van der Waals surface area contributed by atoms with E-state index < -0.39 is 0 Å². The van der Waals surface area contributed by atoms with E-state index in [1.807, 2.05) is 37.3 Å². The van der Waals surface area contributed by atoms with Crippen LogP contribution < -0.4 is 4.74 Å². The van der Waals surface area contributed by atoms with E-state index in [9.17, 15) is 0 Å². The number of nitrogens with zero attached hydrogens (tertiary/aromatic N) is 1. The van der Waals surface area contributed by atoms with Gasteiger partial charge in [0.05, 0.1) is 13.2 Å². The smallest absolute Gasteiger partial charge is 0.139 e. The van der Waals surface area contributed by atoms with Crippen LogP contribution in [0.1, 0.15) is 12.7 Å². The van der Waals surface area contributed by atoms with Gasteiger partial charge < -0.3 is 14.4 Å². The highest BCUT2D eigenvalue weighted by atomic mass is 16.5. The van der Waals surface area contributed by atoms with Gasteiger partial charge in [0.1, 0.15) is 17.2 Å². The van der Waals surface area contributed by atoms with Crippen LogP contribution in [0.4, 0.5) is 0 Å². The second-order valence-corrected chi connectivity index (χ2v) is 3.58. The molecule has 0 saturated heterocycles. The van der Waals surface area contributed by atoms with Crippen LogP contribution in [0.15, 0.2) is 34.9 Å². The van der Waals surface area contributed by atoms with Crippen LogP contribution in [0.25, 0.3) is 11.3 Å². The van der Waals surface area contributed by atoms with Gasteiger partial charge in [-0.1, -0.05) is 17.3 Å². The largest absolute Gasteiger partial charge is 0.493 e. The van der Waals surface area contributed by atoms with Gasteiger partial charge in [0, 0.05) is 18.1 Å². The number of aliphatic hydroxyl groups is 1. The number of hydrogen-bond acceptors (Lipinski definition) is 4. The normalized spacial score (nSPS) is 10.5. The monoisotopic (exact) mass is 233 g/mol. The highest BCUT2D eigenvalue weighted by Crippen LogP contribution is 2.29. The highest BCUT2D eigenvalue weighted by Gasteiger charge is 2.10. The molecule has 0 aliphatic heterocycles. The van der Waals surface area contributed by atoms with Crippen molar-refractivity contribution in [1.82, 2.24) is 5.16 Å². The molecule has 2 aromatic rings. The molecule has 90 valence electrons. The molecule has 17 heavy (non-hydrogen) atoms. The zero-order valence-electron chi connectivity index (χ0n) is 9.72. The van der Waals surface area contributed by atoms with Gasteiger partial charge in [0.15, 0.2) is 0 Å². The predicted octanol–water partition coefficient (Wildman–Crippen LogP) is 2.28. The second kappa shape index (κ2) is 5.50. The molecule has 1 N–H and O–H groups in total. The van der Waals surface area contributed by atoms with Gasteiger partial charge in [-0.15, -0.1) is 0 Å². The number of para-hydroxylation sites is 1. The van der Waals surface area contributed by atoms with E-state index in [0.717, 1.165) is 17.0 Å². The van der Waals surface area contributed by atoms with E-state index in [1.165, 1.54) is 0 Å². The number of aromatic nitrogens is 1. The van der Waals surface area contributed by atoms with Crippen molar-refractivity contribution in [3.63, 3.8) is 0 Å². The maximum Gasteiger partial charge on any atom is 0.139 e. The molecule has 0 saturated carbocycles. The number of rotatable bonds is 5. The Morgan fingerprint density at radius 1 is 1.35 bits per heavy atom. The standard InChI is InChI=1S/C13H15NO3/c1-2-16-13-6-4-3-5-11(13)12-9-10(7-8-15)17-14-12/h3-6,9,15H,2,7-8H2,1H3. The first-order valence-electron chi connectivity index (χ1n) is 5.63. The molecule has 0 radical (unpaired) electrons. The number of ether oxygens (including phenoxy) is 1. The lowest BCUT2D eigenvalue weighted by molar-refractivity contribution is 0.277. The molecule has 0 spiro atoms. The average Bonchev–Trinajstić information content (AvgIpc) is 2.79. The average molecular weight is 233 g/mol. The minimum atomic E-state index is 0.0573. The molecular weight excluding hydrogens is 218 g/mol. The van der Waals surface area contributed by atoms with Crippen molar-refractivity contribution in [3.8, 4) is 17.0 Å². The fraction of sp³-hybridized carbons (Fsp3) is 0.308. The van der Waals surface area contributed by atoms with E-state index in [2.05, 4.69) is 5.16 Å². The minimum absolute atomic E-state index is 0.0573. The van der Waals surface area contributed by atoms with Crippen molar-refractivity contribution in [2.75, 3.05) is 13.2 Å². The van der Waals surface area contributed by atoms with E-state index in [1.54, 1.807) is 0 Å². The van der Waals surface area contributed by atoms with Crippen LogP contribution in [-0.2, 0) is 6.42 Å². The highest BCUT2D eigenvalue weighted by molar-refractivity contribution is 5.66. The van der Waals surface area contributed by atoms with Crippen LogP contribution in [0.5, 0.6) is 5.75 Å². The summed E-state index contributed by atoms with van der Waals surface area (Å²) in [5, 5.41) is 12.8. The van der Waals surface area contributed by atoms with Crippen molar-refractivity contribution < 1.29 is 14.4 Å². The van der Waals surface area contributed by atoms with Crippen LogP contribution in [0.2, 0.25) is 0 Å². The Morgan fingerprint density at radius 2 is 2.18 bits per heavy atom. The topological polar surface area (TPSA) is 55.5 Å². The Kier molecular flexibility index (Phi) is 3.77. The summed E-state index contributed by atoms with van der Waals surface area (Å²) in [5.74, 6) is 1.47.